The Hall–Kier alpha value is -0.930. The molecule has 3 unspecified atom stereocenters. The predicted octanol–water partition coefficient (Wildman–Crippen LogP) is 3.42. The summed E-state index contributed by atoms with van der Waals surface area (Å²) in [4.78, 5) is 2.53. The summed E-state index contributed by atoms with van der Waals surface area (Å²) in [6.07, 6.45) is 2.38. The van der Waals surface area contributed by atoms with E-state index in [9.17, 15) is 4.39 Å². The molecule has 1 saturated heterocycles. The van der Waals surface area contributed by atoms with Gasteiger partial charge in [-0.1, -0.05) is 32.4 Å². The molecule has 0 saturated carbocycles. The Labute approximate surface area is 122 Å². The molecule has 1 aromatic carbocycles. The summed E-state index contributed by atoms with van der Waals surface area (Å²) in [7, 11) is 0. The fraction of sp³-hybridized carbons (Fsp3) is 0.647. The molecule has 20 heavy (non-hydrogen) atoms. The fourth-order valence-electron chi connectivity index (χ4n) is 2.87. The first-order valence-corrected chi connectivity index (χ1v) is 7.82. The van der Waals surface area contributed by atoms with Gasteiger partial charge < -0.3 is 5.32 Å². The molecule has 1 fully saturated rings. The van der Waals surface area contributed by atoms with Crippen molar-refractivity contribution in [3.05, 3.63) is 35.6 Å². The second-order valence-electron chi connectivity index (χ2n) is 6.14. The summed E-state index contributed by atoms with van der Waals surface area (Å²) in [6, 6.07) is 8.05. The number of rotatable bonds is 4. The third-order valence-electron chi connectivity index (χ3n) is 4.65. The Morgan fingerprint density at radius 2 is 2.05 bits per heavy atom. The van der Waals surface area contributed by atoms with E-state index in [1.54, 1.807) is 12.1 Å². The van der Waals surface area contributed by atoms with Crippen molar-refractivity contribution < 1.29 is 4.39 Å². The summed E-state index contributed by atoms with van der Waals surface area (Å²) >= 11 is 0. The van der Waals surface area contributed by atoms with Crippen molar-refractivity contribution in [1.82, 2.24) is 10.2 Å². The van der Waals surface area contributed by atoms with Crippen LogP contribution in [0.1, 0.15) is 39.2 Å². The van der Waals surface area contributed by atoms with E-state index in [2.05, 4.69) is 31.0 Å². The van der Waals surface area contributed by atoms with Gasteiger partial charge in [-0.15, -0.1) is 0 Å². The van der Waals surface area contributed by atoms with Gasteiger partial charge in [0.25, 0.3) is 0 Å². The van der Waals surface area contributed by atoms with Crippen LogP contribution >= 0.6 is 0 Å². The molecule has 1 aliphatic rings. The van der Waals surface area contributed by atoms with Crippen molar-refractivity contribution in [2.45, 2.75) is 52.2 Å². The number of halogens is 1. The molecule has 1 aliphatic heterocycles. The molecule has 2 nitrogen and oxygen atoms in total. The van der Waals surface area contributed by atoms with Gasteiger partial charge in [0, 0.05) is 25.2 Å². The molecule has 0 aromatic heterocycles. The molecule has 3 atom stereocenters. The van der Waals surface area contributed by atoms with E-state index >= 15 is 0 Å². The number of hydrogen-bond acceptors (Lipinski definition) is 2. The predicted molar refractivity (Wildman–Crippen MR) is 82.1 cm³/mol. The molecule has 1 heterocycles. The van der Waals surface area contributed by atoms with E-state index in [0.717, 1.165) is 19.6 Å². The molecule has 0 bridgehead atoms. The second-order valence-corrected chi connectivity index (χ2v) is 6.14. The van der Waals surface area contributed by atoms with Crippen molar-refractivity contribution in [3.8, 4) is 0 Å². The molecule has 112 valence electrons. The lowest BCUT2D eigenvalue weighted by Gasteiger charge is -2.31. The molecule has 0 spiro atoms. The highest BCUT2D eigenvalue weighted by Gasteiger charge is 2.25. The largest absolute Gasteiger partial charge is 0.312 e. The highest BCUT2D eigenvalue weighted by atomic mass is 19.1. The molecule has 0 amide bonds. The summed E-state index contributed by atoms with van der Waals surface area (Å²) < 4.78 is 13.0. The number of nitrogens with one attached hydrogen (secondary N) is 1. The average molecular weight is 278 g/mol. The van der Waals surface area contributed by atoms with Crippen molar-refractivity contribution in [2.75, 3.05) is 13.1 Å². The summed E-state index contributed by atoms with van der Waals surface area (Å²) in [5.41, 5.74) is 1.20. The first-order chi connectivity index (χ1) is 9.60. The van der Waals surface area contributed by atoms with Crippen LogP contribution in [0, 0.1) is 11.7 Å². The molecule has 1 N–H and O–H groups in total. The summed E-state index contributed by atoms with van der Waals surface area (Å²) in [5.74, 6) is 0.535. The van der Waals surface area contributed by atoms with E-state index in [4.69, 9.17) is 0 Å². The quantitative estimate of drug-likeness (QED) is 0.908. The van der Waals surface area contributed by atoms with Crippen LogP contribution in [0.5, 0.6) is 0 Å². The zero-order valence-corrected chi connectivity index (χ0v) is 12.9. The fourth-order valence-corrected chi connectivity index (χ4v) is 2.87. The minimum Gasteiger partial charge on any atom is -0.312 e. The van der Waals surface area contributed by atoms with Crippen LogP contribution in [0.4, 0.5) is 4.39 Å². The van der Waals surface area contributed by atoms with Crippen LogP contribution < -0.4 is 5.32 Å². The van der Waals surface area contributed by atoms with Crippen LogP contribution in [0.25, 0.3) is 0 Å². The smallest absolute Gasteiger partial charge is 0.123 e. The normalized spacial score (nSPS) is 26.2. The maximum atomic E-state index is 13.0. The van der Waals surface area contributed by atoms with Crippen molar-refractivity contribution in [1.29, 1.82) is 0 Å². The van der Waals surface area contributed by atoms with E-state index < -0.39 is 0 Å². The maximum absolute atomic E-state index is 13.0. The van der Waals surface area contributed by atoms with Crippen molar-refractivity contribution in [3.63, 3.8) is 0 Å². The van der Waals surface area contributed by atoms with Crippen LogP contribution in [-0.4, -0.2) is 30.1 Å². The van der Waals surface area contributed by atoms with Gasteiger partial charge in [-0.2, -0.15) is 0 Å². The Morgan fingerprint density at radius 3 is 2.70 bits per heavy atom. The van der Waals surface area contributed by atoms with Gasteiger partial charge in [-0.3, -0.25) is 4.90 Å². The van der Waals surface area contributed by atoms with Crippen LogP contribution in [-0.2, 0) is 6.54 Å². The molecule has 1 aromatic rings. The van der Waals surface area contributed by atoms with Crippen LogP contribution in [0.2, 0.25) is 0 Å². The first-order valence-electron chi connectivity index (χ1n) is 7.82. The SMILES string of the molecule is CCC(C)C1CN(Cc2ccc(F)cc2)C(C)CCN1. The summed E-state index contributed by atoms with van der Waals surface area (Å²) in [6.45, 7) is 9.96. The van der Waals surface area contributed by atoms with Gasteiger partial charge in [-0.25, -0.2) is 4.39 Å². The van der Waals surface area contributed by atoms with E-state index in [0.29, 0.717) is 18.0 Å². The zero-order chi connectivity index (χ0) is 14.5. The molecule has 3 heteroatoms. The highest BCUT2D eigenvalue weighted by Crippen LogP contribution is 2.18. The molecule has 0 aliphatic carbocycles. The van der Waals surface area contributed by atoms with Crippen LogP contribution in [0.15, 0.2) is 24.3 Å². The molecular formula is C17H27FN2. The number of nitrogens with zero attached hydrogens (tertiary/aromatic N) is 1. The maximum Gasteiger partial charge on any atom is 0.123 e. The summed E-state index contributed by atoms with van der Waals surface area (Å²) in [5, 5.41) is 3.69. The third kappa shape index (κ3) is 4.03. The topological polar surface area (TPSA) is 15.3 Å². The Kier molecular flexibility index (Phi) is 5.55. The molecule has 2 rings (SSSR count). The number of hydrogen-bond donors (Lipinski definition) is 1. The standard InChI is InChI=1S/C17H27FN2/c1-4-13(2)17-12-20(14(3)9-10-19-17)11-15-5-7-16(18)8-6-15/h5-8,13-14,17,19H,4,9-12H2,1-3H3. The lowest BCUT2D eigenvalue weighted by atomic mass is 9.98. The van der Waals surface area contributed by atoms with E-state index in [1.165, 1.54) is 18.4 Å². The molecular weight excluding hydrogens is 251 g/mol. The van der Waals surface area contributed by atoms with Crippen molar-refractivity contribution in [2.24, 2.45) is 5.92 Å². The van der Waals surface area contributed by atoms with E-state index in [-0.39, 0.29) is 5.82 Å². The monoisotopic (exact) mass is 278 g/mol. The van der Waals surface area contributed by atoms with Gasteiger partial charge >= 0.3 is 0 Å². The van der Waals surface area contributed by atoms with Gasteiger partial charge in [0.1, 0.15) is 5.82 Å². The van der Waals surface area contributed by atoms with Gasteiger partial charge in [-0.05, 0) is 43.5 Å². The lowest BCUT2D eigenvalue weighted by molar-refractivity contribution is 0.180. The van der Waals surface area contributed by atoms with Crippen LogP contribution in [0.3, 0.4) is 0 Å². The molecule has 0 radical (unpaired) electrons. The van der Waals surface area contributed by atoms with Gasteiger partial charge in [0.05, 0.1) is 0 Å². The third-order valence-corrected chi connectivity index (χ3v) is 4.65. The van der Waals surface area contributed by atoms with Gasteiger partial charge in [0.15, 0.2) is 0 Å². The zero-order valence-electron chi connectivity index (χ0n) is 12.9. The number of benzene rings is 1. The highest BCUT2D eigenvalue weighted by molar-refractivity contribution is 5.16. The van der Waals surface area contributed by atoms with Crippen molar-refractivity contribution >= 4 is 0 Å². The minimum atomic E-state index is -0.156. The Balaban J connectivity index is 2.04. The van der Waals surface area contributed by atoms with Gasteiger partial charge in [0.2, 0.25) is 0 Å². The lowest BCUT2D eigenvalue weighted by Crippen LogP contribution is -2.43. The average Bonchev–Trinajstić information content (AvgIpc) is 2.63. The Morgan fingerprint density at radius 1 is 1.35 bits per heavy atom. The minimum absolute atomic E-state index is 0.156. The second kappa shape index (κ2) is 7.19. The Bertz CT molecular complexity index is 404. The van der Waals surface area contributed by atoms with E-state index in [1.807, 2.05) is 12.1 Å². The first kappa shape index (κ1) is 15.5.